The van der Waals surface area contributed by atoms with Crippen molar-refractivity contribution in [1.29, 1.82) is 0 Å². The fourth-order valence-corrected chi connectivity index (χ4v) is 25.0. The second-order valence-electron chi connectivity index (χ2n) is 34.1. The molecule has 0 atom stereocenters. The molecule has 4 aliphatic rings. The lowest BCUT2D eigenvalue weighted by atomic mass is 9.35. The number of nitrogens with zero attached hydrogens (tertiary/aromatic N) is 9. The van der Waals surface area contributed by atoms with Crippen molar-refractivity contribution in [3.05, 3.63) is 358 Å². The minimum absolute atomic E-state index is 0.0464. The van der Waals surface area contributed by atoms with Crippen LogP contribution in [0.15, 0.2) is 358 Å². The first-order valence-electron chi connectivity index (χ1n) is 43.1. The van der Waals surface area contributed by atoms with Crippen molar-refractivity contribution in [2.45, 2.75) is 0 Å². The molecule has 0 radical (unpaired) electrons. The molecule has 4 aliphatic heterocycles. The average Bonchev–Trinajstić information content (AvgIpc) is 1.55. The molecule has 0 aliphatic carbocycles. The van der Waals surface area contributed by atoms with Gasteiger partial charge in [0.15, 0.2) is 0 Å². The summed E-state index contributed by atoms with van der Waals surface area (Å²) in [5, 5.41) is 11.6. The van der Waals surface area contributed by atoms with E-state index in [2.05, 4.69) is 390 Å². The molecule has 0 saturated heterocycles. The van der Waals surface area contributed by atoms with E-state index in [-0.39, 0.29) is 13.4 Å². The zero-order valence-electron chi connectivity index (χ0n) is 67.2. The quantitative estimate of drug-likeness (QED) is 0.154. The fourth-order valence-electron chi connectivity index (χ4n) is 22.5. The number of benzene rings is 18. The summed E-state index contributed by atoms with van der Waals surface area (Å²) in [6.07, 6.45) is 0. The summed E-state index contributed by atoms with van der Waals surface area (Å²) in [4.78, 5) is 11.8. The van der Waals surface area contributed by atoms with Gasteiger partial charge in [0.1, 0.15) is 57.0 Å². The third-order valence-electron chi connectivity index (χ3n) is 27.8. The predicted molar refractivity (Wildman–Crippen MR) is 522 cm³/mol. The van der Waals surface area contributed by atoms with Crippen molar-refractivity contribution < 1.29 is 18.9 Å². The molecular weight excluding hydrogens is 1600 g/mol. The van der Waals surface area contributed by atoms with Crippen molar-refractivity contribution in [1.82, 2.24) is 41.6 Å². The predicted octanol–water partition coefficient (Wildman–Crippen LogP) is 24.3. The lowest BCUT2D eigenvalue weighted by molar-refractivity contribution is 0.463. The Morgan fingerprint density at radius 2 is 0.598 bits per heavy atom. The SMILES string of the molecule is c1ccc2c(c1)Oc1cc(-n3c4ccc(-c5ccc6c(c5)sc5c(-n7c8ccccc8n8c9ccc%10c%11ccccc%11n(-c%11cc%12c%13c(c%11)Oc%11ccccc%11B%13c%11ccccc%11O%12)c%10c9nc78)cccc56)cc4c4cc(-n5c6ccccc6c6ccc7c(nc8n(-c9cccc%10c9sc9ccccc9%10)c9ccccc9n78)c65)ccc43)cc3c1B2c1ccccc1O3. The van der Waals surface area contributed by atoms with Crippen LogP contribution < -0.4 is 51.7 Å². The maximum absolute atomic E-state index is 7.06. The number of ether oxygens (including phenoxy) is 4. The average molecular weight is 1660 g/mol. The molecule has 0 unspecified atom stereocenters. The number of rotatable bonds is 6. The van der Waals surface area contributed by atoms with E-state index < -0.39 is 0 Å². The highest BCUT2D eigenvalue weighted by Gasteiger charge is 2.43. The van der Waals surface area contributed by atoms with Gasteiger partial charge in [0.2, 0.25) is 11.6 Å². The first-order chi connectivity index (χ1) is 63.0. The summed E-state index contributed by atoms with van der Waals surface area (Å²) in [6, 6.07) is 130. The van der Waals surface area contributed by atoms with Crippen molar-refractivity contribution in [3.8, 4) is 85.6 Å². The first kappa shape index (κ1) is 67.3. The Bertz CT molecular complexity index is 9630. The molecule has 9 aromatic heterocycles. The Morgan fingerprint density at radius 1 is 0.228 bits per heavy atom. The Morgan fingerprint density at radius 3 is 1.12 bits per heavy atom. The van der Waals surface area contributed by atoms with Gasteiger partial charge in [-0.3, -0.25) is 17.9 Å². The van der Waals surface area contributed by atoms with Gasteiger partial charge in [-0.1, -0.05) is 194 Å². The van der Waals surface area contributed by atoms with Crippen LogP contribution >= 0.6 is 22.7 Å². The van der Waals surface area contributed by atoms with Gasteiger partial charge in [0, 0.05) is 104 Å². The number of hydrogen-bond acceptors (Lipinski definition) is 8. The molecular formula is C110H59B2N9O4S2. The van der Waals surface area contributed by atoms with E-state index in [0.29, 0.717) is 0 Å². The Balaban J connectivity index is 0.592. The highest BCUT2D eigenvalue weighted by Crippen LogP contribution is 2.50. The first-order valence-corrected chi connectivity index (χ1v) is 44.7. The van der Waals surface area contributed by atoms with Crippen LogP contribution in [-0.2, 0) is 0 Å². The van der Waals surface area contributed by atoms with Crippen LogP contribution in [0.1, 0.15) is 0 Å². The Kier molecular flexibility index (Phi) is 12.9. The van der Waals surface area contributed by atoms with Gasteiger partial charge >= 0.3 is 0 Å². The molecule has 586 valence electrons. The van der Waals surface area contributed by atoms with Gasteiger partial charge in [-0.25, -0.2) is 9.97 Å². The molecule has 0 fully saturated rings. The summed E-state index contributed by atoms with van der Waals surface area (Å²) in [5.74, 6) is 8.19. The van der Waals surface area contributed by atoms with Gasteiger partial charge in [-0.05, 0) is 173 Å². The zero-order chi connectivity index (χ0) is 82.0. The normalized spacial score (nSPS) is 13.3. The largest absolute Gasteiger partial charge is 0.458 e. The number of imidazole rings is 4. The second-order valence-corrected chi connectivity index (χ2v) is 36.2. The van der Waals surface area contributed by atoms with Crippen LogP contribution in [0.25, 0.3) is 201 Å². The molecule has 18 aromatic carbocycles. The third kappa shape index (κ3) is 8.82. The third-order valence-corrected chi connectivity index (χ3v) is 30.2. The topological polar surface area (TPSA) is 96.2 Å². The van der Waals surface area contributed by atoms with E-state index in [1.165, 1.54) is 40.3 Å². The number of aromatic nitrogens is 9. The number of hydrogen-bond donors (Lipinski definition) is 0. The standard InChI is InChI=1S/C110H59B2N9O4S2/c1-8-30-79-65(21-1)69-47-51-87-103(113-109-118(87)83-32-10-12-34-85(83)120(109)89-36-19-24-71-67-23-3-18-42-99(67)126-107(71)89)105(69)116(79)62-45-50-82-74(55-62)73-53-60(44-49-81(73)115(82)63-56-95-101-96(57-63)123-92-39-15-5-27-76(92)111(101)75-26-4-14-38-91(75)122-95)61-43-46-68-72-25-20-37-90(108(72)127-100(68)54-61)121-86-35-13-11-33-84(86)119-88-52-48-70-66-22-2-9-31-80(66)117(106(70)104(88)114-110(119)121)64-58-97-102-98(59-64)125-94-41-17-7-29-78(94)112(102)77-28-6-16-40-93(77)124-97/h1-59H. The molecule has 13 nitrogen and oxygen atoms in total. The van der Waals surface area contributed by atoms with Crippen LogP contribution in [0, 0.1) is 0 Å². The lowest BCUT2D eigenvalue weighted by Gasteiger charge is -2.33. The maximum Gasteiger partial charge on any atom is 0.260 e. The van der Waals surface area contributed by atoms with Crippen molar-refractivity contribution in [2.75, 3.05) is 0 Å². The monoisotopic (exact) mass is 1660 g/mol. The molecule has 0 spiro atoms. The molecule has 0 N–H and O–H groups in total. The minimum Gasteiger partial charge on any atom is -0.458 e. The maximum atomic E-state index is 7.06. The van der Waals surface area contributed by atoms with E-state index in [9.17, 15) is 0 Å². The van der Waals surface area contributed by atoms with Crippen molar-refractivity contribution >= 4 is 230 Å². The van der Waals surface area contributed by atoms with Crippen molar-refractivity contribution in [2.24, 2.45) is 0 Å². The molecule has 31 rings (SSSR count). The smallest absolute Gasteiger partial charge is 0.260 e. The summed E-state index contributed by atoms with van der Waals surface area (Å²) in [7, 11) is 0. The Labute approximate surface area is 729 Å². The van der Waals surface area contributed by atoms with Gasteiger partial charge in [0.25, 0.3) is 13.4 Å². The molecule has 0 saturated carbocycles. The molecule has 0 bridgehead atoms. The molecule has 17 heteroatoms. The molecule has 27 aromatic rings. The number of fused-ring (bicyclic) bond motifs is 35. The van der Waals surface area contributed by atoms with Crippen LogP contribution in [-0.4, -0.2) is 55.0 Å². The molecule has 0 amide bonds. The van der Waals surface area contributed by atoms with Crippen LogP contribution in [0.5, 0.6) is 46.0 Å². The van der Waals surface area contributed by atoms with E-state index >= 15 is 0 Å². The van der Waals surface area contributed by atoms with Gasteiger partial charge < -0.3 is 32.6 Å². The van der Waals surface area contributed by atoms with Gasteiger partial charge in [-0.2, -0.15) is 0 Å². The van der Waals surface area contributed by atoms with Crippen LogP contribution in [0.3, 0.4) is 0 Å². The summed E-state index contributed by atoms with van der Waals surface area (Å²) in [6.45, 7) is -0.116. The van der Waals surface area contributed by atoms with E-state index in [4.69, 9.17) is 28.9 Å². The number of para-hydroxylation sites is 10. The zero-order valence-corrected chi connectivity index (χ0v) is 68.8. The Hall–Kier alpha value is -16.3. The van der Waals surface area contributed by atoms with E-state index in [1.54, 1.807) is 0 Å². The van der Waals surface area contributed by atoms with Gasteiger partial charge in [0.05, 0.1) is 98.3 Å². The van der Waals surface area contributed by atoms with E-state index in [0.717, 1.165) is 239 Å². The highest BCUT2D eigenvalue weighted by molar-refractivity contribution is 7.26. The van der Waals surface area contributed by atoms with Crippen LogP contribution in [0.4, 0.5) is 0 Å². The molecule has 13 heterocycles. The van der Waals surface area contributed by atoms with Gasteiger partial charge in [-0.15, -0.1) is 22.7 Å². The minimum atomic E-state index is -0.0693. The molecule has 127 heavy (non-hydrogen) atoms. The number of thiophene rings is 2. The summed E-state index contributed by atoms with van der Waals surface area (Å²) < 4.78 is 49.7. The summed E-state index contributed by atoms with van der Waals surface area (Å²) in [5.41, 5.74) is 28.3. The van der Waals surface area contributed by atoms with Crippen molar-refractivity contribution in [3.63, 3.8) is 0 Å². The fraction of sp³-hybridized carbons (Fsp3) is 0. The highest BCUT2D eigenvalue weighted by atomic mass is 32.1. The lowest BCUT2D eigenvalue weighted by Crippen LogP contribution is -2.57. The van der Waals surface area contributed by atoms with E-state index in [1.807, 2.05) is 22.7 Å². The van der Waals surface area contributed by atoms with Crippen LogP contribution in [0.2, 0.25) is 0 Å². The second kappa shape index (κ2) is 24.3. The summed E-state index contributed by atoms with van der Waals surface area (Å²) >= 11 is 3.68.